The Kier molecular flexibility index (Phi) is 6.14. The molecule has 2 aromatic rings. The molecule has 0 aliphatic rings. The molecule has 2 rings (SSSR count). The zero-order valence-corrected chi connectivity index (χ0v) is 14.0. The highest BCUT2D eigenvalue weighted by Crippen LogP contribution is 2.19. The summed E-state index contributed by atoms with van der Waals surface area (Å²) in [4.78, 5) is 28.1. The quantitative estimate of drug-likeness (QED) is 0.609. The minimum absolute atomic E-state index is 0.0629. The molecular formula is C16H23N5O3. The highest BCUT2D eigenvalue weighted by atomic mass is 16.5. The van der Waals surface area contributed by atoms with Gasteiger partial charge in [0.25, 0.3) is 5.91 Å². The maximum Gasteiger partial charge on any atom is 0.325 e. The third-order valence-corrected chi connectivity index (χ3v) is 3.43. The number of ether oxygens (including phenoxy) is 1. The first-order valence-corrected chi connectivity index (χ1v) is 7.99. The summed E-state index contributed by atoms with van der Waals surface area (Å²) in [6.45, 7) is 4.96. The van der Waals surface area contributed by atoms with Crippen LogP contribution in [0.25, 0.3) is 5.65 Å². The molecule has 0 atom stereocenters. The molecule has 4 N–H and O–H groups in total. The Bertz CT molecular complexity index is 726. The average molecular weight is 333 g/mol. The Hall–Kier alpha value is -2.61. The van der Waals surface area contributed by atoms with Crippen LogP contribution in [-0.4, -0.2) is 47.5 Å². The molecule has 130 valence electrons. The monoisotopic (exact) mass is 333 g/mol. The van der Waals surface area contributed by atoms with Crippen molar-refractivity contribution in [2.75, 3.05) is 31.6 Å². The predicted molar refractivity (Wildman–Crippen MR) is 91.1 cm³/mol. The van der Waals surface area contributed by atoms with Crippen molar-refractivity contribution in [1.29, 1.82) is 0 Å². The van der Waals surface area contributed by atoms with Crippen LogP contribution < -0.4 is 16.4 Å². The summed E-state index contributed by atoms with van der Waals surface area (Å²) in [5, 5.41) is 5.79. The van der Waals surface area contributed by atoms with Gasteiger partial charge < -0.3 is 21.1 Å². The van der Waals surface area contributed by atoms with Crippen LogP contribution in [0.1, 0.15) is 29.9 Å². The van der Waals surface area contributed by atoms with Gasteiger partial charge in [-0.3, -0.25) is 14.0 Å². The van der Waals surface area contributed by atoms with Crippen LogP contribution in [0, 0.1) is 0 Å². The minimum Gasteiger partial charge on any atom is -0.465 e. The Morgan fingerprint density at radius 3 is 2.83 bits per heavy atom. The number of hydrogen-bond acceptors (Lipinski definition) is 6. The maximum atomic E-state index is 12.0. The number of esters is 1. The molecule has 8 nitrogen and oxygen atoms in total. The first kappa shape index (κ1) is 17.7. The summed E-state index contributed by atoms with van der Waals surface area (Å²) in [6, 6.07) is 3.41. The zero-order valence-electron chi connectivity index (χ0n) is 14.0. The largest absolute Gasteiger partial charge is 0.465 e. The number of amides is 1. The van der Waals surface area contributed by atoms with Crippen LogP contribution >= 0.6 is 0 Å². The van der Waals surface area contributed by atoms with Crippen molar-refractivity contribution in [3.05, 3.63) is 29.6 Å². The third kappa shape index (κ3) is 4.02. The molecule has 0 radical (unpaired) electrons. The smallest absolute Gasteiger partial charge is 0.325 e. The van der Waals surface area contributed by atoms with E-state index in [9.17, 15) is 9.59 Å². The van der Waals surface area contributed by atoms with E-state index in [4.69, 9.17) is 10.5 Å². The van der Waals surface area contributed by atoms with Crippen LogP contribution in [0.2, 0.25) is 0 Å². The lowest BCUT2D eigenvalue weighted by Crippen LogP contribution is -2.29. The fourth-order valence-electron chi connectivity index (χ4n) is 2.32. The number of carbonyl (C=O) groups is 2. The molecule has 0 saturated carbocycles. The molecule has 2 heterocycles. The fraction of sp³-hybridized carbons (Fsp3) is 0.438. The van der Waals surface area contributed by atoms with Crippen LogP contribution in [0.5, 0.6) is 0 Å². The lowest BCUT2D eigenvalue weighted by Gasteiger charge is -2.08. The molecule has 0 aliphatic carbocycles. The van der Waals surface area contributed by atoms with Gasteiger partial charge in [0, 0.05) is 24.8 Å². The lowest BCUT2D eigenvalue weighted by molar-refractivity contribution is -0.140. The maximum absolute atomic E-state index is 12.0. The topological polar surface area (TPSA) is 111 Å². The van der Waals surface area contributed by atoms with Gasteiger partial charge in [-0.25, -0.2) is 4.98 Å². The molecule has 0 spiro atoms. The van der Waals surface area contributed by atoms with E-state index in [1.165, 1.54) is 0 Å². The number of nitrogens with two attached hydrogens (primary N) is 1. The first-order valence-electron chi connectivity index (χ1n) is 7.99. The number of nitrogens with one attached hydrogen (secondary N) is 2. The molecular weight excluding hydrogens is 310 g/mol. The van der Waals surface area contributed by atoms with E-state index < -0.39 is 0 Å². The predicted octanol–water partition coefficient (Wildman–Crippen LogP) is 0.560. The standard InChI is InChI=1S/C16H23N5O3/c1-3-12-15(19-10-14(22)24-4-2)21-8-5-11(9-13(21)20-12)16(23)18-7-6-17/h5,8-9,19H,3-4,6-7,10,17H2,1-2H3,(H,18,23). The molecule has 0 unspecified atom stereocenters. The number of pyridine rings is 1. The van der Waals surface area contributed by atoms with Crippen LogP contribution in [0.3, 0.4) is 0 Å². The van der Waals surface area contributed by atoms with Gasteiger partial charge in [-0.05, 0) is 25.5 Å². The van der Waals surface area contributed by atoms with E-state index in [-0.39, 0.29) is 18.4 Å². The van der Waals surface area contributed by atoms with Crippen molar-refractivity contribution in [2.45, 2.75) is 20.3 Å². The van der Waals surface area contributed by atoms with Crippen molar-refractivity contribution >= 4 is 23.3 Å². The molecule has 0 aliphatic heterocycles. The second-order valence-electron chi connectivity index (χ2n) is 5.11. The number of aryl methyl sites for hydroxylation is 1. The van der Waals surface area contributed by atoms with Crippen molar-refractivity contribution in [3.8, 4) is 0 Å². The molecule has 0 fully saturated rings. The average Bonchev–Trinajstić information content (AvgIpc) is 2.94. The van der Waals surface area contributed by atoms with Gasteiger partial charge in [0.2, 0.25) is 0 Å². The Morgan fingerprint density at radius 1 is 1.38 bits per heavy atom. The number of fused-ring (bicyclic) bond motifs is 1. The summed E-state index contributed by atoms with van der Waals surface area (Å²) in [5.41, 5.74) is 7.36. The van der Waals surface area contributed by atoms with Crippen LogP contribution in [0.4, 0.5) is 5.82 Å². The number of hydrogen-bond donors (Lipinski definition) is 3. The number of carbonyl (C=O) groups excluding carboxylic acids is 2. The highest BCUT2D eigenvalue weighted by molar-refractivity contribution is 5.95. The lowest BCUT2D eigenvalue weighted by atomic mass is 10.2. The van der Waals surface area contributed by atoms with Gasteiger partial charge in [-0.2, -0.15) is 0 Å². The molecule has 8 heteroatoms. The summed E-state index contributed by atoms with van der Waals surface area (Å²) < 4.78 is 6.74. The van der Waals surface area contributed by atoms with E-state index in [0.29, 0.717) is 37.3 Å². The van der Waals surface area contributed by atoms with E-state index >= 15 is 0 Å². The Balaban J connectivity index is 2.25. The molecule has 0 saturated heterocycles. The zero-order chi connectivity index (χ0) is 17.5. The van der Waals surface area contributed by atoms with Gasteiger partial charge in [-0.15, -0.1) is 0 Å². The summed E-state index contributed by atoms with van der Waals surface area (Å²) >= 11 is 0. The second kappa shape index (κ2) is 8.30. The van der Waals surface area contributed by atoms with Crippen molar-refractivity contribution in [1.82, 2.24) is 14.7 Å². The number of aromatic nitrogens is 2. The Labute approximate surface area is 140 Å². The summed E-state index contributed by atoms with van der Waals surface area (Å²) in [7, 11) is 0. The summed E-state index contributed by atoms with van der Waals surface area (Å²) in [6.07, 6.45) is 2.45. The number of nitrogens with zero attached hydrogens (tertiary/aromatic N) is 2. The van der Waals surface area contributed by atoms with E-state index in [2.05, 4.69) is 15.6 Å². The van der Waals surface area contributed by atoms with Crippen molar-refractivity contribution in [2.24, 2.45) is 5.73 Å². The van der Waals surface area contributed by atoms with E-state index in [1.807, 2.05) is 11.3 Å². The number of imidazole rings is 1. The first-order chi connectivity index (χ1) is 11.6. The van der Waals surface area contributed by atoms with Gasteiger partial charge in [0.15, 0.2) is 0 Å². The minimum atomic E-state index is -0.327. The SMILES string of the molecule is CCOC(=O)CNc1c(CC)nc2cc(C(=O)NCCN)ccn12. The fourth-order valence-corrected chi connectivity index (χ4v) is 2.32. The van der Waals surface area contributed by atoms with Gasteiger partial charge >= 0.3 is 5.97 Å². The van der Waals surface area contributed by atoms with E-state index in [1.54, 1.807) is 25.3 Å². The molecule has 0 bridgehead atoms. The van der Waals surface area contributed by atoms with Crippen LogP contribution in [0.15, 0.2) is 18.3 Å². The van der Waals surface area contributed by atoms with E-state index in [0.717, 1.165) is 11.5 Å². The molecule has 24 heavy (non-hydrogen) atoms. The van der Waals surface area contributed by atoms with Gasteiger partial charge in [0.1, 0.15) is 18.0 Å². The Morgan fingerprint density at radius 2 is 2.17 bits per heavy atom. The molecule has 1 amide bonds. The highest BCUT2D eigenvalue weighted by Gasteiger charge is 2.14. The summed E-state index contributed by atoms with van der Waals surface area (Å²) in [5.74, 6) is 0.215. The van der Waals surface area contributed by atoms with Crippen molar-refractivity contribution in [3.63, 3.8) is 0 Å². The van der Waals surface area contributed by atoms with Gasteiger partial charge in [-0.1, -0.05) is 6.92 Å². The van der Waals surface area contributed by atoms with Crippen LogP contribution in [-0.2, 0) is 16.0 Å². The second-order valence-corrected chi connectivity index (χ2v) is 5.11. The van der Waals surface area contributed by atoms with Gasteiger partial charge in [0.05, 0.1) is 12.3 Å². The normalized spacial score (nSPS) is 10.6. The molecule has 0 aromatic carbocycles. The molecule has 2 aromatic heterocycles. The van der Waals surface area contributed by atoms with Crippen molar-refractivity contribution < 1.29 is 14.3 Å². The number of rotatable bonds is 8. The number of anilines is 1. The third-order valence-electron chi connectivity index (χ3n) is 3.43.